The van der Waals surface area contributed by atoms with Crippen LogP contribution in [0.5, 0.6) is 5.75 Å². The number of hydrogen-bond acceptors (Lipinski definition) is 3. The third-order valence-corrected chi connectivity index (χ3v) is 4.46. The van der Waals surface area contributed by atoms with Gasteiger partial charge in [0.1, 0.15) is 5.75 Å². The molecule has 18 heavy (non-hydrogen) atoms. The first-order valence-corrected chi connectivity index (χ1v) is 7.40. The summed E-state index contributed by atoms with van der Waals surface area (Å²) in [6.07, 6.45) is 0. The molecule has 0 bridgehead atoms. The smallest absolute Gasteiger partial charge is 0.126 e. The van der Waals surface area contributed by atoms with E-state index < -0.39 is 0 Å². The first-order chi connectivity index (χ1) is 8.61. The van der Waals surface area contributed by atoms with E-state index in [0.29, 0.717) is 0 Å². The Bertz CT molecular complexity index is 551. The lowest BCUT2D eigenvalue weighted by Gasteiger charge is -2.14. The van der Waals surface area contributed by atoms with E-state index in [4.69, 9.17) is 4.74 Å². The predicted octanol–water partition coefficient (Wildman–Crippen LogP) is 4.75. The van der Waals surface area contributed by atoms with Gasteiger partial charge in [-0.15, -0.1) is 11.3 Å². The first kappa shape index (κ1) is 13.4. The minimum Gasteiger partial charge on any atom is -0.496 e. The van der Waals surface area contributed by atoms with Gasteiger partial charge < -0.3 is 10.1 Å². The van der Waals surface area contributed by atoms with Crippen molar-refractivity contribution in [2.45, 2.75) is 20.4 Å². The molecular formula is C14H16BrNOS. The average molecular weight is 326 g/mol. The van der Waals surface area contributed by atoms with Crippen LogP contribution in [0.15, 0.2) is 27.4 Å². The topological polar surface area (TPSA) is 21.3 Å². The first-order valence-electron chi connectivity index (χ1n) is 5.72. The van der Waals surface area contributed by atoms with Gasteiger partial charge in [0.2, 0.25) is 0 Å². The molecule has 0 aliphatic rings. The molecule has 0 aliphatic carbocycles. The van der Waals surface area contributed by atoms with Gasteiger partial charge in [0.05, 0.1) is 10.9 Å². The van der Waals surface area contributed by atoms with E-state index in [1.54, 1.807) is 18.4 Å². The Hall–Kier alpha value is -1.00. The molecule has 4 heteroatoms. The second-order valence-electron chi connectivity index (χ2n) is 4.20. The largest absolute Gasteiger partial charge is 0.496 e. The zero-order chi connectivity index (χ0) is 13.1. The standard InChI is InChI=1S/C14H16BrNOS/c1-9-4-5-12(10(2)14(9)17-3)16-7-11-6-13(15)18-8-11/h4-6,8,16H,7H2,1-3H3. The number of hydrogen-bond donors (Lipinski definition) is 1. The normalized spacial score (nSPS) is 10.4. The van der Waals surface area contributed by atoms with Gasteiger partial charge in [0.25, 0.3) is 0 Å². The van der Waals surface area contributed by atoms with Crippen LogP contribution in [0.1, 0.15) is 16.7 Å². The summed E-state index contributed by atoms with van der Waals surface area (Å²) in [5.74, 6) is 0.964. The minimum atomic E-state index is 0.829. The summed E-state index contributed by atoms with van der Waals surface area (Å²) in [5, 5.41) is 5.60. The molecule has 0 aliphatic heterocycles. The number of nitrogens with one attached hydrogen (secondary N) is 1. The van der Waals surface area contributed by atoms with Crippen molar-refractivity contribution >= 4 is 33.0 Å². The van der Waals surface area contributed by atoms with Gasteiger partial charge in [0, 0.05) is 17.8 Å². The number of aryl methyl sites for hydroxylation is 1. The quantitative estimate of drug-likeness (QED) is 0.875. The van der Waals surface area contributed by atoms with Crippen molar-refractivity contribution in [3.63, 3.8) is 0 Å². The molecule has 1 heterocycles. The summed E-state index contributed by atoms with van der Waals surface area (Å²) in [6.45, 7) is 4.97. The summed E-state index contributed by atoms with van der Waals surface area (Å²) < 4.78 is 6.59. The van der Waals surface area contributed by atoms with Crippen LogP contribution in [-0.4, -0.2) is 7.11 Å². The second-order valence-corrected chi connectivity index (χ2v) is 6.49. The number of halogens is 1. The van der Waals surface area contributed by atoms with Gasteiger partial charge in [-0.25, -0.2) is 0 Å². The van der Waals surface area contributed by atoms with Crippen molar-refractivity contribution in [2.75, 3.05) is 12.4 Å². The molecule has 1 aromatic carbocycles. The van der Waals surface area contributed by atoms with Gasteiger partial charge in [0.15, 0.2) is 0 Å². The molecular weight excluding hydrogens is 310 g/mol. The SMILES string of the molecule is COc1c(C)ccc(NCc2csc(Br)c2)c1C. The van der Waals surface area contributed by atoms with E-state index in [-0.39, 0.29) is 0 Å². The lowest BCUT2D eigenvalue weighted by molar-refractivity contribution is 0.409. The number of benzene rings is 1. The predicted molar refractivity (Wildman–Crippen MR) is 81.8 cm³/mol. The number of anilines is 1. The summed E-state index contributed by atoms with van der Waals surface area (Å²) in [4.78, 5) is 0. The fourth-order valence-corrected chi connectivity index (χ4v) is 3.18. The van der Waals surface area contributed by atoms with Crippen LogP contribution in [0, 0.1) is 13.8 Å². The van der Waals surface area contributed by atoms with Gasteiger partial charge in [-0.1, -0.05) is 6.07 Å². The van der Waals surface area contributed by atoms with Gasteiger partial charge in [-0.2, -0.15) is 0 Å². The Morgan fingerprint density at radius 1 is 1.33 bits per heavy atom. The Kier molecular flexibility index (Phi) is 4.30. The second kappa shape index (κ2) is 5.76. The Morgan fingerprint density at radius 2 is 2.11 bits per heavy atom. The highest BCUT2D eigenvalue weighted by Gasteiger charge is 2.07. The van der Waals surface area contributed by atoms with Crippen LogP contribution in [-0.2, 0) is 6.54 Å². The molecule has 1 aromatic heterocycles. The van der Waals surface area contributed by atoms with Gasteiger partial charge >= 0.3 is 0 Å². The maximum atomic E-state index is 5.43. The molecule has 1 N–H and O–H groups in total. The molecule has 0 saturated carbocycles. The molecule has 0 unspecified atom stereocenters. The zero-order valence-corrected chi connectivity index (χ0v) is 13.1. The van der Waals surface area contributed by atoms with E-state index in [0.717, 1.165) is 27.3 Å². The third kappa shape index (κ3) is 2.87. The molecule has 96 valence electrons. The molecule has 2 aromatic rings. The summed E-state index contributed by atoms with van der Waals surface area (Å²) in [5.41, 5.74) is 4.73. The Labute approximate surface area is 120 Å². The van der Waals surface area contributed by atoms with Crippen LogP contribution in [0.2, 0.25) is 0 Å². The molecule has 2 nitrogen and oxygen atoms in total. The summed E-state index contributed by atoms with van der Waals surface area (Å²) in [6, 6.07) is 6.32. The number of thiophene rings is 1. The molecule has 0 atom stereocenters. The van der Waals surface area contributed by atoms with E-state index in [1.165, 1.54) is 11.1 Å². The van der Waals surface area contributed by atoms with Crippen LogP contribution < -0.4 is 10.1 Å². The van der Waals surface area contributed by atoms with E-state index in [9.17, 15) is 0 Å². The highest BCUT2D eigenvalue weighted by atomic mass is 79.9. The highest BCUT2D eigenvalue weighted by Crippen LogP contribution is 2.30. The van der Waals surface area contributed by atoms with Crippen molar-refractivity contribution in [1.82, 2.24) is 0 Å². The Balaban J connectivity index is 2.14. The minimum absolute atomic E-state index is 0.829. The van der Waals surface area contributed by atoms with Crippen molar-refractivity contribution < 1.29 is 4.74 Å². The van der Waals surface area contributed by atoms with E-state index in [2.05, 4.69) is 58.7 Å². The maximum Gasteiger partial charge on any atom is 0.126 e. The molecule has 0 radical (unpaired) electrons. The van der Waals surface area contributed by atoms with E-state index >= 15 is 0 Å². The van der Waals surface area contributed by atoms with Crippen molar-refractivity contribution in [3.8, 4) is 5.75 Å². The molecule has 0 saturated heterocycles. The fourth-order valence-electron chi connectivity index (χ4n) is 1.97. The monoisotopic (exact) mass is 325 g/mol. The van der Waals surface area contributed by atoms with Crippen molar-refractivity contribution in [1.29, 1.82) is 0 Å². The van der Waals surface area contributed by atoms with Crippen molar-refractivity contribution in [3.05, 3.63) is 44.1 Å². The fraction of sp³-hybridized carbons (Fsp3) is 0.286. The average Bonchev–Trinajstić information content (AvgIpc) is 2.75. The van der Waals surface area contributed by atoms with Crippen molar-refractivity contribution in [2.24, 2.45) is 0 Å². The number of ether oxygens (including phenoxy) is 1. The highest BCUT2D eigenvalue weighted by molar-refractivity contribution is 9.11. The lowest BCUT2D eigenvalue weighted by Crippen LogP contribution is -2.02. The van der Waals surface area contributed by atoms with Crippen LogP contribution in [0.3, 0.4) is 0 Å². The van der Waals surface area contributed by atoms with Crippen LogP contribution >= 0.6 is 27.3 Å². The van der Waals surface area contributed by atoms with Crippen LogP contribution in [0.4, 0.5) is 5.69 Å². The molecule has 2 rings (SSSR count). The molecule has 0 fully saturated rings. The van der Waals surface area contributed by atoms with Gasteiger partial charge in [-0.05, 0) is 58.4 Å². The molecule has 0 spiro atoms. The number of methoxy groups -OCH3 is 1. The number of rotatable bonds is 4. The molecule has 0 amide bonds. The van der Waals surface area contributed by atoms with Gasteiger partial charge in [-0.3, -0.25) is 0 Å². The lowest BCUT2D eigenvalue weighted by atomic mass is 10.1. The Morgan fingerprint density at radius 3 is 2.72 bits per heavy atom. The van der Waals surface area contributed by atoms with Crippen LogP contribution in [0.25, 0.3) is 0 Å². The maximum absolute atomic E-state index is 5.43. The third-order valence-electron chi connectivity index (χ3n) is 2.91. The summed E-state index contributed by atoms with van der Waals surface area (Å²) in [7, 11) is 1.72. The summed E-state index contributed by atoms with van der Waals surface area (Å²) >= 11 is 5.18. The zero-order valence-electron chi connectivity index (χ0n) is 10.7. The van der Waals surface area contributed by atoms with E-state index in [1.807, 2.05) is 0 Å².